The van der Waals surface area contributed by atoms with Gasteiger partial charge < -0.3 is 20.9 Å². The molecule has 0 aliphatic rings. The fraction of sp³-hybridized carbons (Fsp3) is 0.350. The van der Waals surface area contributed by atoms with E-state index in [4.69, 9.17) is 16.2 Å². The minimum atomic E-state index is -4.70. The maximum Gasteiger partial charge on any atom is 0.420 e. The summed E-state index contributed by atoms with van der Waals surface area (Å²) in [6.45, 7) is 6.42. The number of hydrogen-bond acceptors (Lipinski definition) is 6. The zero-order valence-electron chi connectivity index (χ0n) is 17.0. The Labute approximate surface area is 171 Å². The second-order valence-electron chi connectivity index (χ2n) is 7.29. The maximum absolute atomic E-state index is 13.8. The van der Waals surface area contributed by atoms with Crippen molar-refractivity contribution in [3.05, 3.63) is 47.3 Å². The van der Waals surface area contributed by atoms with E-state index in [-0.39, 0.29) is 29.3 Å². The lowest BCUT2D eigenvalue weighted by Crippen LogP contribution is -2.40. The van der Waals surface area contributed by atoms with Crippen molar-refractivity contribution in [2.75, 3.05) is 6.61 Å². The molecule has 0 saturated carbocycles. The first-order chi connectivity index (χ1) is 13.8. The summed E-state index contributed by atoms with van der Waals surface area (Å²) in [5.74, 6) is -0.582. The van der Waals surface area contributed by atoms with Crippen molar-refractivity contribution in [1.29, 1.82) is 0 Å². The van der Waals surface area contributed by atoms with E-state index in [1.165, 1.54) is 25.3 Å². The number of carbonyl (C=O) groups excluding carboxylic acids is 1. The van der Waals surface area contributed by atoms with E-state index in [1.807, 2.05) is 13.8 Å². The molecule has 0 spiro atoms. The molecule has 0 radical (unpaired) electrons. The number of ether oxygens (including phenoxy) is 2. The first-order valence-electron chi connectivity index (χ1n) is 8.88. The van der Waals surface area contributed by atoms with Gasteiger partial charge in [0.1, 0.15) is 17.9 Å². The Hall–Kier alpha value is -3.14. The van der Waals surface area contributed by atoms with Gasteiger partial charge in [-0.15, -0.1) is 0 Å². The van der Waals surface area contributed by atoms with Crippen molar-refractivity contribution in [3.63, 3.8) is 0 Å². The Morgan fingerprint density at radius 1 is 1.27 bits per heavy atom. The third-order valence-corrected chi connectivity index (χ3v) is 3.94. The molecule has 1 unspecified atom stereocenters. The zero-order chi connectivity index (χ0) is 22.7. The number of alkyl halides is 3. The molecule has 2 heterocycles. The van der Waals surface area contributed by atoms with E-state index in [2.05, 4.69) is 14.7 Å². The third kappa shape index (κ3) is 5.93. The molecule has 162 valence electrons. The molecule has 0 saturated heterocycles. The molecule has 0 aromatic carbocycles. The van der Waals surface area contributed by atoms with Gasteiger partial charge in [0.15, 0.2) is 0 Å². The van der Waals surface area contributed by atoms with Gasteiger partial charge in [0.25, 0.3) is 0 Å². The molecule has 0 bridgehead atoms. The molecular weight excluding hydrogens is 401 g/mol. The van der Waals surface area contributed by atoms with E-state index in [0.717, 1.165) is 11.8 Å². The smallest absolute Gasteiger partial charge is 0.420 e. The Morgan fingerprint density at radius 2 is 1.93 bits per heavy atom. The molecule has 0 aliphatic heterocycles. The summed E-state index contributed by atoms with van der Waals surface area (Å²) >= 11 is 0. The van der Waals surface area contributed by atoms with Gasteiger partial charge >= 0.3 is 12.3 Å². The Morgan fingerprint density at radius 3 is 2.50 bits per heavy atom. The Kier molecular flexibility index (Phi) is 6.71. The van der Waals surface area contributed by atoms with Crippen molar-refractivity contribution in [1.82, 2.24) is 9.97 Å². The minimum Gasteiger partial charge on any atom is -0.489 e. The van der Waals surface area contributed by atoms with Crippen LogP contribution >= 0.6 is 0 Å². The number of rotatable bonds is 6. The van der Waals surface area contributed by atoms with E-state index >= 15 is 0 Å². The van der Waals surface area contributed by atoms with Crippen LogP contribution in [0.3, 0.4) is 0 Å². The SMILES string of the molecule is CC(C)=CC(C)(N)COc1cnc(-c2ccnc(OC(N)=O)c2)c(C)c1C(F)(F)F. The van der Waals surface area contributed by atoms with Crippen LogP contribution in [0, 0.1) is 6.92 Å². The second-order valence-corrected chi connectivity index (χ2v) is 7.29. The number of amides is 1. The number of carbonyl (C=O) groups is 1. The summed E-state index contributed by atoms with van der Waals surface area (Å²) in [7, 11) is 0. The van der Waals surface area contributed by atoms with Gasteiger partial charge in [0, 0.05) is 17.8 Å². The average Bonchev–Trinajstić information content (AvgIpc) is 2.57. The number of pyridine rings is 2. The van der Waals surface area contributed by atoms with Crippen LogP contribution in [0.1, 0.15) is 31.9 Å². The van der Waals surface area contributed by atoms with Gasteiger partial charge in [-0.25, -0.2) is 9.78 Å². The van der Waals surface area contributed by atoms with Gasteiger partial charge in [0.2, 0.25) is 5.88 Å². The van der Waals surface area contributed by atoms with Crippen LogP contribution in [0.15, 0.2) is 36.2 Å². The highest BCUT2D eigenvalue weighted by molar-refractivity contribution is 5.70. The largest absolute Gasteiger partial charge is 0.489 e. The molecule has 4 N–H and O–H groups in total. The van der Waals surface area contributed by atoms with Crippen molar-refractivity contribution < 1.29 is 27.4 Å². The number of halogens is 3. The topological polar surface area (TPSA) is 113 Å². The molecular formula is C20H23F3N4O3. The van der Waals surface area contributed by atoms with E-state index in [1.54, 1.807) is 13.0 Å². The Balaban J connectivity index is 2.48. The summed E-state index contributed by atoms with van der Waals surface area (Å²) in [5, 5.41) is 0. The number of hydrogen-bond donors (Lipinski definition) is 2. The fourth-order valence-electron chi connectivity index (χ4n) is 2.99. The van der Waals surface area contributed by atoms with Crippen LogP contribution in [0.4, 0.5) is 18.0 Å². The van der Waals surface area contributed by atoms with Crippen LogP contribution in [0.2, 0.25) is 0 Å². The molecule has 7 nitrogen and oxygen atoms in total. The number of nitrogens with two attached hydrogens (primary N) is 2. The average molecular weight is 424 g/mol. The zero-order valence-corrected chi connectivity index (χ0v) is 17.0. The minimum absolute atomic E-state index is 0.0335. The lowest BCUT2D eigenvalue weighted by Gasteiger charge is -2.24. The molecule has 30 heavy (non-hydrogen) atoms. The molecule has 1 atom stereocenters. The number of primary amides is 1. The maximum atomic E-state index is 13.8. The monoisotopic (exact) mass is 424 g/mol. The predicted octanol–water partition coefficient (Wildman–Crippen LogP) is 3.99. The molecule has 10 heteroatoms. The number of nitrogens with zero attached hydrogens (tertiary/aromatic N) is 2. The summed E-state index contributed by atoms with van der Waals surface area (Å²) in [6.07, 6.45) is -1.81. The van der Waals surface area contributed by atoms with Gasteiger partial charge in [-0.1, -0.05) is 11.6 Å². The van der Waals surface area contributed by atoms with E-state index in [9.17, 15) is 18.0 Å². The first-order valence-corrected chi connectivity index (χ1v) is 8.88. The summed E-state index contributed by atoms with van der Waals surface area (Å²) < 4.78 is 51.6. The van der Waals surface area contributed by atoms with Crippen LogP contribution in [0.25, 0.3) is 11.3 Å². The van der Waals surface area contributed by atoms with Crippen molar-refractivity contribution >= 4 is 6.09 Å². The lowest BCUT2D eigenvalue weighted by atomic mass is 10.0. The molecule has 1 amide bonds. The van der Waals surface area contributed by atoms with Crippen LogP contribution in [-0.4, -0.2) is 28.2 Å². The van der Waals surface area contributed by atoms with E-state index in [0.29, 0.717) is 0 Å². The summed E-state index contributed by atoms with van der Waals surface area (Å²) in [5.41, 5.74) is 10.2. The molecule has 0 fully saturated rings. The van der Waals surface area contributed by atoms with Gasteiger partial charge in [-0.2, -0.15) is 13.2 Å². The number of allylic oxidation sites excluding steroid dienone is 1. The molecule has 2 rings (SSSR count). The molecule has 0 aliphatic carbocycles. The third-order valence-electron chi connectivity index (χ3n) is 3.94. The van der Waals surface area contributed by atoms with Crippen molar-refractivity contribution in [2.45, 2.75) is 39.4 Å². The van der Waals surface area contributed by atoms with Crippen LogP contribution in [-0.2, 0) is 6.18 Å². The van der Waals surface area contributed by atoms with Gasteiger partial charge in [-0.05, 0) is 39.3 Å². The highest BCUT2D eigenvalue weighted by Gasteiger charge is 2.38. The van der Waals surface area contributed by atoms with Gasteiger partial charge in [-0.3, -0.25) is 4.98 Å². The van der Waals surface area contributed by atoms with Crippen LogP contribution in [0.5, 0.6) is 11.6 Å². The van der Waals surface area contributed by atoms with Crippen molar-refractivity contribution in [2.24, 2.45) is 11.5 Å². The lowest BCUT2D eigenvalue weighted by molar-refractivity contribution is -0.139. The van der Waals surface area contributed by atoms with E-state index < -0.39 is 29.1 Å². The first kappa shape index (κ1) is 23.1. The molecule has 2 aromatic heterocycles. The number of aromatic nitrogens is 2. The standard InChI is InChI=1S/C20H23F3N4O3/c1-11(2)8-19(4,25)10-29-14-9-27-17(12(3)16(14)20(21,22)23)13-5-6-26-15(7-13)30-18(24)28/h5-9H,10,25H2,1-4H3,(H2,24,28). The summed E-state index contributed by atoms with van der Waals surface area (Å²) in [4.78, 5) is 18.8. The summed E-state index contributed by atoms with van der Waals surface area (Å²) in [6, 6.07) is 2.71. The second kappa shape index (κ2) is 8.70. The Bertz CT molecular complexity index is 968. The fourth-order valence-corrected chi connectivity index (χ4v) is 2.99. The highest BCUT2D eigenvalue weighted by Crippen LogP contribution is 2.41. The molecule has 2 aromatic rings. The predicted molar refractivity (Wildman–Crippen MR) is 105 cm³/mol. The highest BCUT2D eigenvalue weighted by atomic mass is 19.4. The van der Waals surface area contributed by atoms with Gasteiger partial charge in [0.05, 0.1) is 17.4 Å². The quantitative estimate of drug-likeness (QED) is 0.678. The normalized spacial score (nSPS) is 13.3. The van der Waals surface area contributed by atoms with Crippen LogP contribution < -0.4 is 20.9 Å². The van der Waals surface area contributed by atoms with Crippen molar-refractivity contribution in [3.8, 4) is 22.9 Å².